The predicted molar refractivity (Wildman–Crippen MR) is 201 cm³/mol. The Morgan fingerprint density at radius 1 is 0.868 bits per heavy atom. The minimum atomic E-state index is -1.46. The molecule has 0 aliphatic carbocycles. The van der Waals surface area contributed by atoms with Gasteiger partial charge in [-0.25, -0.2) is 15.0 Å². The van der Waals surface area contributed by atoms with Crippen LogP contribution in [0.4, 0.5) is 11.5 Å². The lowest BCUT2D eigenvalue weighted by Gasteiger charge is -2.24. The number of ether oxygens (including phenoxy) is 2. The number of anilines is 2. The van der Waals surface area contributed by atoms with E-state index in [1.54, 1.807) is 30.6 Å². The first-order chi connectivity index (χ1) is 25.7. The summed E-state index contributed by atoms with van der Waals surface area (Å²) >= 11 is 0. The number of imidazole rings is 1. The predicted octanol–water partition coefficient (Wildman–Crippen LogP) is 2.55. The van der Waals surface area contributed by atoms with Crippen LogP contribution in [0.2, 0.25) is 0 Å². The van der Waals surface area contributed by atoms with Gasteiger partial charge in [-0.1, -0.05) is 56.3 Å². The first-order valence-corrected chi connectivity index (χ1v) is 17.6. The van der Waals surface area contributed by atoms with Crippen molar-refractivity contribution in [2.45, 2.75) is 44.9 Å². The molecule has 15 heteroatoms. The molecule has 3 heterocycles. The molecule has 15 nitrogen and oxygen atoms in total. The normalized spacial score (nSPS) is 13.1. The third-order valence-corrected chi connectivity index (χ3v) is 8.23. The number of fused-ring (bicyclic) bond motifs is 3. The van der Waals surface area contributed by atoms with E-state index in [2.05, 4.69) is 36.2 Å². The number of carbonyl (C=O) groups excluding carboxylic acids is 3. The maximum absolute atomic E-state index is 12.9. The zero-order valence-electron chi connectivity index (χ0n) is 29.9. The molecule has 5 rings (SSSR count). The largest absolute Gasteiger partial charge is 0.382 e. The van der Waals surface area contributed by atoms with Crippen molar-refractivity contribution in [3.63, 3.8) is 0 Å². The molecule has 0 saturated carbocycles. The Hall–Kier alpha value is -5.48. The first kappa shape index (κ1) is 38.7. The molecule has 0 spiro atoms. The maximum Gasteiger partial charge on any atom is 0.274 e. The van der Waals surface area contributed by atoms with Crippen molar-refractivity contribution < 1.29 is 29.0 Å². The number of para-hydroxylation sites is 2. The van der Waals surface area contributed by atoms with E-state index in [-0.39, 0.29) is 36.6 Å². The van der Waals surface area contributed by atoms with Crippen LogP contribution in [0.1, 0.15) is 36.3 Å². The second-order valence-electron chi connectivity index (χ2n) is 12.9. The van der Waals surface area contributed by atoms with E-state index in [9.17, 15) is 19.5 Å². The number of aromatic nitrogens is 4. The van der Waals surface area contributed by atoms with Crippen LogP contribution in [0.5, 0.6) is 0 Å². The van der Waals surface area contributed by atoms with Crippen molar-refractivity contribution in [2.24, 2.45) is 11.7 Å². The summed E-state index contributed by atoms with van der Waals surface area (Å²) in [5.74, 6) is -0.204. The highest BCUT2D eigenvalue weighted by atomic mass is 16.5. The van der Waals surface area contributed by atoms with Gasteiger partial charge in [0.25, 0.3) is 11.8 Å². The second-order valence-corrected chi connectivity index (χ2v) is 12.9. The zero-order valence-corrected chi connectivity index (χ0v) is 29.9. The van der Waals surface area contributed by atoms with Gasteiger partial charge in [0, 0.05) is 25.3 Å². The number of nitrogens with two attached hydrogens (primary N) is 1. The Kier molecular flexibility index (Phi) is 14.2. The molecule has 0 radical (unpaired) electrons. The monoisotopic (exact) mass is 725 g/mol. The number of carbonyl (C=O) groups is 3. The van der Waals surface area contributed by atoms with Gasteiger partial charge in [0.1, 0.15) is 23.7 Å². The molecule has 0 fully saturated rings. The summed E-state index contributed by atoms with van der Waals surface area (Å²) < 4.78 is 13.0. The molecule has 2 aromatic carbocycles. The average Bonchev–Trinajstić information content (AvgIpc) is 3.53. The van der Waals surface area contributed by atoms with Crippen LogP contribution in [-0.4, -0.2) is 99.9 Å². The Labute approximate surface area is 307 Å². The lowest BCUT2D eigenvalue weighted by atomic mass is 10.00. The second kappa shape index (κ2) is 19.4. The summed E-state index contributed by atoms with van der Waals surface area (Å²) in [4.78, 5) is 51.6. The number of benzene rings is 2. The smallest absolute Gasteiger partial charge is 0.274 e. The molecule has 3 atom stereocenters. The van der Waals surface area contributed by atoms with Crippen LogP contribution in [0.25, 0.3) is 16.8 Å². The molecule has 5 aromatic rings. The third kappa shape index (κ3) is 11.5. The SMILES string of the molecule is CC(C)C[C@H](NC(=O)[C@@H](O)[C@H](N)Cc1ccccc1)C(=O)NCCOCCOCCNc1ccc(NC(=O)c2ccn3c(n2)nc2ccccc23)cn1. The fourth-order valence-electron chi connectivity index (χ4n) is 5.54. The molecule has 3 amide bonds. The van der Waals surface area contributed by atoms with E-state index < -0.39 is 24.1 Å². The molecule has 0 bridgehead atoms. The number of rotatable bonds is 20. The van der Waals surface area contributed by atoms with Gasteiger partial charge >= 0.3 is 0 Å². The van der Waals surface area contributed by atoms with Crippen LogP contribution < -0.4 is 27.0 Å². The fraction of sp³-hybridized carbons (Fsp3) is 0.368. The average molecular weight is 726 g/mol. The zero-order chi connectivity index (χ0) is 37.6. The maximum atomic E-state index is 12.9. The van der Waals surface area contributed by atoms with Gasteiger partial charge in [-0.2, -0.15) is 0 Å². The van der Waals surface area contributed by atoms with Gasteiger partial charge in [0.05, 0.1) is 49.3 Å². The quantitative estimate of drug-likeness (QED) is 0.0643. The molecule has 0 unspecified atom stereocenters. The molecular formula is C38H47N9O6. The van der Waals surface area contributed by atoms with E-state index >= 15 is 0 Å². The van der Waals surface area contributed by atoms with Crippen molar-refractivity contribution in [2.75, 3.05) is 50.2 Å². The number of aliphatic hydroxyl groups excluding tert-OH is 1. The van der Waals surface area contributed by atoms with Gasteiger partial charge in [-0.05, 0) is 54.7 Å². The molecule has 0 aliphatic heterocycles. The number of amides is 3. The van der Waals surface area contributed by atoms with Crippen molar-refractivity contribution in [3.05, 3.63) is 96.4 Å². The van der Waals surface area contributed by atoms with Crippen molar-refractivity contribution in [3.8, 4) is 0 Å². The molecule has 0 aliphatic rings. The van der Waals surface area contributed by atoms with E-state index in [0.717, 1.165) is 16.6 Å². The van der Waals surface area contributed by atoms with E-state index in [0.29, 0.717) is 56.5 Å². The number of hydrogen-bond acceptors (Lipinski definition) is 11. The molecule has 280 valence electrons. The summed E-state index contributed by atoms with van der Waals surface area (Å²) in [7, 11) is 0. The molecule has 0 saturated heterocycles. The van der Waals surface area contributed by atoms with Gasteiger partial charge in [0.15, 0.2) is 0 Å². The van der Waals surface area contributed by atoms with Crippen molar-refractivity contribution >= 4 is 46.0 Å². The number of hydrogen-bond donors (Lipinski definition) is 6. The summed E-state index contributed by atoms with van der Waals surface area (Å²) in [6.45, 7) is 6.01. The summed E-state index contributed by atoms with van der Waals surface area (Å²) in [6, 6.07) is 20.6. The van der Waals surface area contributed by atoms with E-state index in [1.165, 1.54) is 0 Å². The summed E-state index contributed by atoms with van der Waals surface area (Å²) in [5.41, 5.74) is 9.49. The highest BCUT2D eigenvalue weighted by Crippen LogP contribution is 2.16. The highest BCUT2D eigenvalue weighted by Gasteiger charge is 2.28. The first-order valence-electron chi connectivity index (χ1n) is 17.6. The summed E-state index contributed by atoms with van der Waals surface area (Å²) in [6.07, 6.45) is 2.60. The fourth-order valence-corrected chi connectivity index (χ4v) is 5.54. The summed E-state index contributed by atoms with van der Waals surface area (Å²) in [5, 5.41) is 21.9. The lowest BCUT2D eigenvalue weighted by Crippen LogP contribution is -2.54. The standard InChI is InChI=1S/C38H47N9O6/c1-25(2)22-31(44-37(51)34(48)28(39)23-26-8-4-3-5-9-26)35(49)41-16-19-53-21-20-52-18-15-40-33-13-12-27(24-42-33)43-36(50)30-14-17-47-32-11-7-6-10-29(32)45-38(47)46-30/h3-14,17,24-25,28,31,34,48H,15-16,18-23,39H2,1-2H3,(H,40,42)(H,41,49)(H,43,50)(H,44,51)/t28-,31+,34+/m1/s1. The number of nitrogens with one attached hydrogen (secondary N) is 4. The Balaban J connectivity index is 0.926. The molecule has 53 heavy (non-hydrogen) atoms. The van der Waals surface area contributed by atoms with Gasteiger partial charge in [0.2, 0.25) is 11.7 Å². The van der Waals surface area contributed by atoms with Crippen LogP contribution >= 0.6 is 0 Å². The Morgan fingerprint density at radius 3 is 2.34 bits per heavy atom. The Bertz CT molecular complexity index is 1940. The number of pyridine rings is 1. The molecule has 7 N–H and O–H groups in total. The van der Waals surface area contributed by atoms with Crippen molar-refractivity contribution in [1.29, 1.82) is 0 Å². The van der Waals surface area contributed by atoms with E-state index in [4.69, 9.17) is 15.2 Å². The van der Waals surface area contributed by atoms with Crippen LogP contribution in [0.15, 0.2) is 85.2 Å². The van der Waals surface area contributed by atoms with Crippen LogP contribution in [-0.2, 0) is 25.5 Å². The number of aliphatic hydroxyl groups is 1. The van der Waals surface area contributed by atoms with Gasteiger partial charge in [-0.3, -0.25) is 18.8 Å². The van der Waals surface area contributed by atoms with Gasteiger partial charge < -0.3 is 41.6 Å². The topological polar surface area (TPSA) is 207 Å². The molecular weight excluding hydrogens is 678 g/mol. The minimum absolute atomic E-state index is 0.127. The molecule has 3 aromatic heterocycles. The van der Waals surface area contributed by atoms with Crippen LogP contribution in [0.3, 0.4) is 0 Å². The number of nitrogens with zero attached hydrogens (tertiary/aromatic N) is 4. The highest BCUT2D eigenvalue weighted by molar-refractivity contribution is 6.03. The van der Waals surface area contributed by atoms with Gasteiger partial charge in [-0.15, -0.1) is 0 Å². The van der Waals surface area contributed by atoms with Crippen LogP contribution in [0, 0.1) is 5.92 Å². The third-order valence-electron chi connectivity index (χ3n) is 8.23. The van der Waals surface area contributed by atoms with Crippen molar-refractivity contribution in [1.82, 2.24) is 30.0 Å². The van der Waals surface area contributed by atoms with E-state index in [1.807, 2.05) is 72.8 Å². The lowest BCUT2D eigenvalue weighted by molar-refractivity contribution is -0.135. The Morgan fingerprint density at radius 2 is 1.60 bits per heavy atom. The minimum Gasteiger partial charge on any atom is -0.382 e.